The first-order valence-corrected chi connectivity index (χ1v) is 8.43. The number of carbonyl (C=O) groups is 3. The monoisotopic (exact) mass is 365 g/mol. The number of imide groups is 1. The SMILES string of the molecule is C[C@@H]1Cc2ccccc2N1C(=O)CN1C(=O)c2cccc([N+](=O)[O-])c2C1=O. The standard InChI is InChI=1S/C19H15N3O5/c1-11-9-12-5-2-3-7-14(12)21(11)16(23)10-20-18(24)13-6-4-8-15(22(26)27)17(13)19(20)25/h2-8,11H,9-10H2,1H3/t11-/m1/s1. The predicted octanol–water partition coefficient (Wildman–Crippen LogP) is 2.17. The second-order valence-corrected chi connectivity index (χ2v) is 6.60. The third-order valence-corrected chi connectivity index (χ3v) is 4.94. The van der Waals surface area contributed by atoms with Crippen LogP contribution in [0.1, 0.15) is 33.2 Å². The lowest BCUT2D eigenvalue weighted by Gasteiger charge is -2.25. The van der Waals surface area contributed by atoms with Gasteiger partial charge >= 0.3 is 0 Å². The molecule has 8 nitrogen and oxygen atoms in total. The fraction of sp³-hybridized carbons (Fsp3) is 0.211. The molecule has 1 atom stereocenters. The summed E-state index contributed by atoms with van der Waals surface area (Å²) in [5, 5.41) is 11.2. The van der Waals surface area contributed by atoms with Gasteiger partial charge in [-0.05, 0) is 31.0 Å². The average Bonchev–Trinajstić information content (AvgIpc) is 3.10. The number of benzene rings is 2. The highest BCUT2D eigenvalue weighted by Gasteiger charge is 2.43. The van der Waals surface area contributed by atoms with Crippen LogP contribution in [-0.2, 0) is 11.2 Å². The van der Waals surface area contributed by atoms with Gasteiger partial charge in [-0.3, -0.25) is 29.4 Å². The summed E-state index contributed by atoms with van der Waals surface area (Å²) in [7, 11) is 0. The van der Waals surface area contributed by atoms with Gasteiger partial charge in [-0.15, -0.1) is 0 Å². The molecule has 0 fully saturated rings. The molecule has 8 heteroatoms. The van der Waals surface area contributed by atoms with Crippen molar-refractivity contribution >= 4 is 29.1 Å². The molecule has 0 saturated heterocycles. The van der Waals surface area contributed by atoms with E-state index in [2.05, 4.69) is 0 Å². The van der Waals surface area contributed by atoms with Gasteiger partial charge in [-0.25, -0.2) is 0 Å². The second-order valence-electron chi connectivity index (χ2n) is 6.60. The van der Waals surface area contributed by atoms with Gasteiger partial charge in [0.1, 0.15) is 12.1 Å². The van der Waals surface area contributed by atoms with E-state index in [1.54, 1.807) is 4.90 Å². The summed E-state index contributed by atoms with van der Waals surface area (Å²) in [5.74, 6) is -1.90. The Balaban J connectivity index is 1.64. The predicted molar refractivity (Wildman–Crippen MR) is 95.6 cm³/mol. The van der Waals surface area contributed by atoms with Crippen LogP contribution in [0.2, 0.25) is 0 Å². The van der Waals surface area contributed by atoms with Crippen molar-refractivity contribution in [2.75, 3.05) is 11.4 Å². The van der Waals surface area contributed by atoms with Gasteiger partial charge in [-0.1, -0.05) is 24.3 Å². The van der Waals surface area contributed by atoms with E-state index in [0.29, 0.717) is 6.42 Å². The number of hydrogen-bond donors (Lipinski definition) is 0. The molecule has 0 aromatic heterocycles. The van der Waals surface area contributed by atoms with Gasteiger partial charge in [0.05, 0.1) is 10.5 Å². The maximum atomic E-state index is 12.9. The molecule has 2 aromatic carbocycles. The first-order valence-electron chi connectivity index (χ1n) is 8.43. The number of rotatable bonds is 3. The maximum Gasteiger partial charge on any atom is 0.282 e. The van der Waals surface area contributed by atoms with E-state index in [9.17, 15) is 24.5 Å². The van der Waals surface area contributed by atoms with E-state index in [4.69, 9.17) is 0 Å². The van der Waals surface area contributed by atoms with Gasteiger partial charge in [0.25, 0.3) is 17.5 Å². The van der Waals surface area contributed by atoms with Crippen molar-refractivity contribution in [1.82, 2.24) is 4.90 Å². The molecule has 0 bridgehead atoms. The van der Waals surface area contributed by atoms with Crippen LogP contribution in [0, 0.1) is 10.1 Å². The Morgan fingerprint density at radius 1 is 1.15 bits per heavy atom. The van der Waals surface area contributed by atoms with Crippen LogP contribution < -0.4 is 4.90 Å². The summed E-state index contributed by atoms with van der Waals surface area (Å²) in [6.45, 7) is 1.44. The van der Waals surface area contributed by atoms with Crippen molar-refractivity contribution in [3.8, 4) is 0 Å². The van der Waals surface area contributed by atoms with Gasteiger partial charge in [-0.2, -0.15) is 0 Å². The second kappa shape index (κ2) is 6.01. The van der Waals surface area contributed by atoms with Crippen LogP contribution in [0.25, 0.3) is 0 Å². The molecular weight excluding hydrogens is 350 g/mol. The van der Waals surface area contributed by atoms with E-state index >= 15 is 0 Å². The molecule has 2 heterocycles. The number of anilines is 1. The highest BCUT2D eigenvalue weighted by atomic mass is 16.6. The van der Waals surface area contributed by atoms with Crippen molar-refractivity contribution in [2.24, 2.45) is 0 Å². The summed E-state index contributed by atoms with van der Waals surface area (Å²) in [6.07, 6.45) is 0.690. The van der Waals surface area contributed by atoms with Crippen molar-refractivity contribution in [3.05, 3.63) is 69.3 Å². The Morgan fingerprint density at radius 3 is 2.63 bits per heavy atom. The van der Waals surface area contributed by atoms with Gasteiger partial charge in [0.2, 0.25) is 5.91 Å². The summed E-state index contributed by atoms with van der Waals surface area (Å²) < 4.78 is 0. The molecule has 27 heavy (non-hydrogen) atoms. The van der Waals surface area contributed by atoms with E-state index in [1.165, 1.54) is 18.2 Å². The molecule has 0 saturated carbocycles. The molecule has 0 radical (unpaired) electrons. The Labute approximate surface area is 154 Å². The molecule has 2 aliphatic rings. The molecule has 0 unspecified atom stereocenters. The molecule has 2 aromatic rings. The normalized spacial score (nSPS) is 17.9. The fourth-order valence-electron chi connectivity index (χ4n) is 3.77. The number of para-hydroxylation sites is 1. The third-order valence-electron chi connectivity index (χ3n) is 4.94. The van der Waals surface area contributed by atoms with Crippen LogP contribution in [0.4, 0.5) is 11.4 Å². The smallest absolute Gasteiger partial charge is 0.282 e. The average molecular weight is 365 g/mol. The zero-order chi connectivity index (χ0) is 19.3. The quantitative estimate of drug-likeness (QED) is 0.471. The Hall–Kier alpha value is -3.55. The van der Waals surface area contributed by atoms with Crippen LogP contribution in [0.5, 0.6) is 0 Å². The molecule has 0 spiro atoms. The van der Waals surface area contributed by atoms with Gasteiger partial charge in [0.15, 0.2) is 0 Å². The molecule has 136 valence electrons. The summed E-state index contributed by atoms with van der Waals surface area (Å²) in [4.78, 5) is 50.9. The van der Waals surface area contributed by atoms with Crippen LogP contribution in [-0.4, -0.2) is 40.1 Å². The Morgan fingerprint density at radius 2 is 1.89 bits per heavy atom. The van der Waals surface area contributed by atoms with E-state index in [0.717, 1.165) is 16.2 Å². The first-order chi connectivity index (χ1) is 12.9. The number of nitrogens with zero attached hydrogens (tertiary/aromatic N) is 3. The Kier molecular flexibility index (Phi) is 3.76. The van der Waals surface area contributed by atoms with Crippen molar-refractivity contribution in [1.29, 1.82) is 0 Å². The minimum absolute atomic E-state index is 0.0446. The highest BCUT2D eigenvalue weighted by Crippen LogP contribution is 2.34. The number of nitro benzene ring substituents is 1. The first kappa shape index (κ1) is 16.9. The Bertz CT molecular complexity index is 1020. The number of amides is 3. The van der Waals surface area contributed by atoms with E-state index < -0.39 is 34.9 Å². The van der Waals surface area contributed by atoms with Crippen molar-refractivity contribution in [2.45, 2.75) is 19.4 Å². The van der Waals surface area contributed by atoms with Crippen LogP contribution in [0.15, 0.2) is 42.5 Å². The van der Waals surface area contributed by atoms with Crippen LogP contribution >= 0.6 is 0 Å². The molecule has 0 N–H and O–H groups in total. The molecule has 4 rings (SSSR count). The van der Waals surface area contributed by atoms with Gasteiger partial charge in [0, 0.05) is 17.8 Å². The van der Waals surface area contributed by atoms with E-state index in [1.807, 2.05) is 31.2 Å². The van der Waals surface area contributed by atoms with E-state index in [-0.39, 0.29) is 17.2 Å². The number of hydrogen-bond acceptors (Lipinski definition) is 5. The summed E-state index contributed by atoms with van der Waals surface area (Å²) >= 11 is 0. The van der Waals surface area contributed by atoms with Crippen molar-refractivity contribution in [3.63, 3.8) is 0 Å². The molecule has 2 aliphatic heterocycles. The lowest BCUT2D eigenvalue weighted by Crippen LogP contribution is -2.45. The summed E-state index contributed by atoms with van der Waals surface area (Å²) in [5.41, 5.74) is 1.06. The number of nitro groups is 1. The summed E-state index contributed by atoms with van der Waals surface area (Å²) in [6, 6.07) is 11.3. The third kappa shape index (κ3) is 2.49. The highest BCUT2D eigenvalue weighted by molar-refractivity contribution is 6.24. The van der Waals surface area contributed by atoms with Crippen molar-refractivity contribution < 1.29 is 19.3 Å². The lowest BCUT2D eigenvalue weighted by molar-refractivity contribution is -0.385. The maximum absolute atomic E-state index is 12.9. The minimum atomic E-state index is -0.809. The largest absolute Gasteiger partial charge is 0.307 e. The van der Waals surface area contributed by atoms with Gasteiger partial charge < -0.3 is 4.90 Å². The van der Waals surface area contributed by atoms with Crippen LogP contribution in [0.3, 0.4) is 0 Å². The number of carbonyl (C=O) groups excluding carboxylic acids is 3. The lowest BCUT2D eigenvalue weighted by atomic mass is 10.1. The topological polar surface area (TPSA) is 101 Å². The molecular formula is C19H15N3O5. The zero-order valence-electron chi connectivity index (χ0n) is 14.4. The minimum Gasteiger partial charge on any atom is -0.307 e. The fourth-order valence-corrected chi connectivity index (χ4v) is 3.77. The molecule has 3 amide bonds. The molecule has 0 aliphatic carbocycles. The zero-order valence-corrected chi connectivity index (χ0v) is 14.4. The number of fused-ring (bicyclic) bond motifs is 2.